The van der Waals surface area contributed by atoms with Crippen molar-refractivity contribution in [1.82, 2.24) is 4.98 Å². The van der Waals surface area contributed by atoms with E-state index in [4.69, 9.17) is 0 Å². The molecule has 0 bridgehead atoms. The lowest BCUT2D eigenvalue weighted by molar-refractivity contribution is 0.771. The molecule has 1 heterocycles. The summed E-state index contributed by atoms with van der Waals surface area (Å²) >= 11 is 3.40. The molecule has 1 nitrogen and oxygen atoms in total. The minimum absolute atomic E-state index is 1.07. The minimum Gasteiger partial charge on any atom is -0.260 e. The van der Waals surface area contributed by atoms with Gasteiger partial charge in [-0.25, -0.2) is 0 Å². The summed E-state index contributed by atoms with van der Waals surface area (Å²) in [6.45, 7) is 4.32. The van der Waals surface area contributed by atoms with Crippen molar-refractivity contribution < 1.29 is 0 Å². The van der Waals surface area contributed by atoms with E-state index in [1.165, 1.54) is 24.1 Å². The van der Waals surface area contributed by atoms with E-state index in [1.807, 2.05) is 6.20 Å². The standard InChI is InChI=1S/C10H14BrN/c1-3-4-5-10-8(2)6-9(11)7-12-10/h6-7H,3-5H2,1-2H3. The zero-order valence-electron chi connectivity index (χ0n) is 7.60. The molecule has 0 saturated carbocycles. The van der Waals surface area contributed by atoms with Gasteiger partial charge in [0.05, 0.1) is 0 Å². The first-order chi connectivity index (χ1) is 5.74. The van der Waals surface area contributed by atoms with Gasteiger partial charge in [-0.2, -0.15) is 0 Å². The molecule has 0 aliphatic carbocycles. The monoisotopic (exact) mass is 227 g/mol. The molecule has 0 N–H and O–H groups in total. The smallest absolute Gasteiger partial charge is 0.0433 e. The minimum atomic E-state index is 1.07. The number of unbranched alkanes of at least 4 members (excludes halogenated alkanes) is 1. The fraction of sp³-hybridized carbons (Fsp3) is 0.500. The second-order valence-electron chi connectivity index (χ2n) is 3.02. The Balaban J connectivity index is 2.72. The van der Waals surface area contributed by atoms with Crippen molar-refractivity contribution in [2.24, 2.45) is 0 Å². The van der Waals surface area contributed by atoms with Crippen molar-refractivity contribution >= 4 is 15.9 Å². The van der Waals surface area contributed by atoms with Crippen LogP contribution in [0.1, 0.15) is 31.0 Å². The molecular weight excluding hydrogens is 214 g/mol. The fourth-order valence-electron chi connectivity index (χ4n) is 1.17. The highest BCUT2D eigenvalue weighted by atomic mass is 79.9. The van der Waals surface area contributed by atoms with Crippen LogP contribution in [0.25, 0.3) is 0 Å². The molecule has 1 rings (SSSR count). The number of hydrogen-bond donors (Lipinski definition) is 0. The van der Waals surface area contributed by atoms with Crippen molar-refractivity contribution in [2.75, 3.05) is 0 Å². The van der Waals surface area contributed by atoms with E-state index in [0.29, 0.717) is 0 Å². The van der Waals surface area contributed by atoms with Crippen molar-refractivity contribution in [3.63, 3.8) is 0 Å². The summed E-state index contributed by atoms with van der Waals surface area (Å²) in [7, 11) is 0. The van der Waals surface area contributed by atoms with E-state index in [-0.39, 0.29) is 0 Å². The molecule has 0 spiro atoms. The van der Waals surface area contributed by atoms with Crippen LogP contribution >= 0.6 is 15.9 Å². The maximum Gasteiger partial charge on any atom is 0.0433 e. The Labute approximate surface area is 82.3 Å². The number of rotatable bonds is 3. The van der Waals surface area contributed by atoms with Crippen molar-refractivity contribution in [3.05, 3.63) is 28.0 Å². The van der Waals surface area contributed by atoms with Gasteiger partial charge in [0.1, 0.15) is 0 Å². The summed E-state index contributed by atoms with van der Waals surface area (Å²) in [5.41, 5.74) is 2.53. The third-order valence-electron chi connectivity index (χ3n) is 1.92. The normalized spacial score (nSPS) is 10.2. The topological polar surface area (TPSA) is 12.9 Å². The van der Waals surface area contributed by atoms with E-state index in [9.17, 15) is 0 Å². The lowest BCUT2D eigenvalue weighted by Gasteiger charge is -2.03. The third-order valence-corrected chi connectivity index (χ3v) is 2.35. The van der Waals surface area contributed by atoms with Crippen LogP contribution in [0.2, 0.25) is 0 Å². The van der Waals surface area contributed by atoms with Gasteiger partial charge in [-0.3, -0.25) is 4.98 Å². The van der Waals surface area contributed by atoms with Crippen LogP contribution in [0.3, 0.4) is 0 Å². The van der Waals surface area contributed by atoms with E-state index in [1.54, 1.807) is 0 Å². The molecular formula is C10H14BrN. The summed E-state index contributed by atoms with van der Waals surface area (Å²) in [5.74, 6) is 0. The molecule has 2 heteroatoms. The van der Waals surface area contributed by atoms with Crippen LogP contribution in [0, 0.1) is 6.92 Å². The maximum absolute atomic E-state index is 4.37. The molecule has 0 amide bonds. The van der Waals surface area contributed by atoms with Crippen LogP contribution in [-0.4, -0.2) is 4.98 Å². The summed E-state index contributed by atoms with van der Waals surface area (Å²) in [6, 6.07) is 2.12. The first-order valence-electron chi connectivity index (χ1n) is 4.35. The second kappa shape index (κ2) is 4.61. The largest absolute Gasteiger partial charge is 0.260 e. The van der Waals surface area contributed by atoms with Gasteiger partial charge in [0, 0.05) is 16.4 Å². The number of nitrogens with zero attached hydrogens (tertiary/aromatic N) is 1. The lowest BCUT2D eigenvalue weighted by Crippen LogP contribution is -1.93. The van der Waals surface area contributed by atoms with Crippen LogP contribution < -0.4 is 0 Å². The zero-order chi connectivity index (χ0) is 8.97. The van der Waals surface area contributed by atoms with Gasteiger partial charge in [0.25, 0.3) is 0 Å². The van der Waals surface area contributed by atoms with Crippen LogP contribution in [0.4, 0.5) is 0 Å². The maximum atomic E-state index is 4.37. The van der Waals surface area contributed by atoms with Crippen LogP contribution in [-0.2, 0) is 6.42 Å². The summed E-state index contributed by atoms with van der Waals surface area (Å²) < 4.78 is 1.07. The van der Waals surface area contributed by atoms with Gasteiger partial charge >= 0.3 is 0 Å². The number of hydrogen-bond acceptors (Lipinski definition) is 1. The molecule has 0 radical (unpaired) electrons. The fourth-order valence-corrected chi connectivity index (χ4v) is 1.62. The van der Waals surface area contributed by atoms with E-state index >= 15 is 0 Å². The van der Waals surface area contributed by atoms with Crippen molar-refractivity contribution in [2.45, 2.75) is 33.1 Å². The molecule has 1 aromatic rings. The lowest BCUT2D eigenvalue weighted by atomic mass is 10.1. The summed E-state index contributed by atoms with van der Waals surface area (Å²) in [4.78, 5) is 4.37. The average molecular weight is 228 g/mol. The van der Waals surface area contributed by atoms with Gasteiger partial charge in [0.15, 0.2) is 0 Å². The molecule has 0 aliphatic heterocycles. The Kier molecular flexibility index (Phi) is 3.73. The molecule has 0 fully saturated rings. The van der Waals surface area contributed by atoms with E-state index < -0.39 is 0 Å². The van der Waals surface area contributed by atoms with Gasteiger partial charge in [0.2, 0.25) is 0 Å². The van der Waals surface area contributed by atoms with Crippen LogP contribution in [0.15, 0.2) is 16.7 Å². The third kappa shape index (κ3) is 2.59. The van der Waals surface area contributed by atoms with E-state index in [2.05, 4.69) is 40.8 Å². The second-order valence-corrected chi connectivity index (χ2v) is 3.94. The summed E-state index contributed by atoms with van der Waals surface area (Å²) in [5, 5.41) is 0. The van der Waals surface area contributed by atoms with Gasteiger partial charge in [-0.1, -0.05) is 13.3 Å². The number of aryl methyl sites for hydroxylation is 2. The number of pyridine rings is 1. The Hall–Kier alpha value is -0.370. The van der Waals surface area contributed by atoms with Crippen molar-refractivity contribution in [3.8, 4) is 0 Å². The molecule has 0 saturated heterocycles. The van der Waals surface area contributed by atoms with E-state index in [0.717, 1.165) is 10.9 Å². The quantitative estimate of drug-likeness (QED) is 0.771. The van der Waals surface area contributed by atoms with Crippen LogP contribution in [0.5, 0.6) is 0 Å². The number of halogens is 1. The molecule has 0 aliphatic rings. The average Bonchev–Trinajstić information content (AvgIpc) is 2.03. The first kappa shape index (κ1) is 9.72. The predicted molar refractivity (Wildman–Crippen MR) is 55.3 cm³/mol. The highest BCUT2D eigenvalue weighted by Gasteiger charge is 1.99. The molecule has 0 atom stereocenters. The van der Waals surface area contributed by atoms with Gasteiger partial charge in [-0.05, 0) is 47.3 Å². The highest BCUT2D eigenvalue weighted by Crippen LogP contribution is 2.14. The molecule has 0 unspecified atom stereocenters. The predicted octanol–water partition coefficient (Wildman–Crippen LogP) is 3.50. The SMILES string of the molecule is CCCCc1ncc(Br)cc1C. The number of aromatic nitrogens is 1. The molecule has 1 aromatic heterocycles. The Morgan fingerprint density at radius 3 is 2.83 bits per heavy atom. The first-order valence-corrected chi connectivity index (χ1v) is 5.14. The van der Waals surface area contributed by atoms with Gasteiger partial charge < -0.3 is 0 Å². The highest BCUT2D eigenvalue weighted by molar-refractivity contribution is 9.10. The zero-order valence-corrected chi connectivity index (χ0v) is 9.19. The Bertz CT molecular complexity index is 258. The molecule has 0 aromatic carbocycles. The summed E-state index contributed by atoms with van der Waals surface area (Å²) in [6.07, 6.45) is 5.44. The van der Waals surface area contributed by atoms with Gasteiger partial charge in [-0.15, -0.1) is 0 Å². The Morgan fingerprint density at radius 1 is 1.50 bits per heavy atom. The molecule has 66 valence electrons. The molecule has 12 heavy (non-hydrogen) atoms. The Morgan fingerprint density at radius 2 is 2.25 bits per heavy atom. The van der Waals surface area contributed by atoms with Crippen molar-refractivity contribution in [1.29, 1.82) is 0 Å².